The lowest BCUT2D eigenvalue weighted by atomic mass is 10.1. The van der Waals surface area contributed by atoms with Crippen LogP contribution in [0.1, 0.15) is 34.1 Å². The first kappa shape index (κ1) is 22.1. The number of hydrogen-bond acceptors (Lipinski definition) is 6. The second-order valence-electron chi connectivity index (χ2n) is 8.31. The van der Waals surface area contributed by atoms with Gasteiger partial charge in [0, 0.05) is 6.42 Å². The molecule has 0 saturated carbocycles. The van der Waals surface area contributed by atoms with Crippen molar-refractivity contribution in [1.82, 2.24) is 0 Å². The first-order valence-electron chi connectivity index (χ1n) is 9.16. The Kier molecular flexibility index (Phi) is 6.26. The Morgan fingerprint density at radius 1 is 1.26 bits per heavy atom. The second kappa shape index (κ2) is 7.65. The van der Waals surface area contributed by atoms with Crippen molar-refractivity contribution in [2.24, 2.45) is 0 Å². The third-order valence-corrected chi connectivity index (χ3v) is 12.1. The zero-order valence-corrected chi connectivity index (χ0v) is 18.8. The fraction of sp³-hybridized carbons (Fsp3) is 0.632. The number of carbonyl (C=O) groups excluding carboxylic acids is 1. The Hall–Kier alpha value is -1.22. The molecule has 0 unspecified atom stereocenters. The maximum Gasteiger partial charge on any atom is 0.355 e. The molecule has 0 spiro atoms. The SMILES string of the molecule is CCOC(=O)[C@]1(S(=O)(=O)c2ccccc2)C[C@H](CO[Si](C)(C)C(C)(C)C)O1. The molecule has 0 amide bonds. The van der Waals surface area contributed by atoms with Crippen LogP contribution >= 0.6 is 0 Å². The van der Waals surface area contributed by atoms with Crippen molar-refractivity contribution >= 4 is 24.1 Å². The van der Waals surface area contributed by atoms with Crippen LogP contribution in [0.5, 0.6) is 0 Å². The van der Waals surface area contributed by atoms with Crippen molar-refractivity contribution < 1.29 is 27.1 Å². The summed E-state index contributed by atoms with van der Waals surface area (Å²) < 4.78 is 43.1. The minimum absolute atomic E-state index is 0.0255. The summed E-state index contributed by atoms with van der Waals surface area (Å²) in [6, 6.07) is 7.86. The van der Waals surface area contributed by atoms with Crippen LogP contribution in [-0.2, 0) is 28.5 Å². The minimum Gasteiger partial charge on any atom is -0.463 e. The van der Waals surface area contributed by atoms with Crippen molar-refractivity contribution in [3.8, 4) is 0 Å². The Morgan fingerprint density at radius 3 is 2.30 bits per heavy atom. The van der Waals surface area contributed by atoms with Crippen molar-refractivity contribution in [2.45, 2.75) is 68.2 Å². The fourth-order valence-corrected chi connectivity index (χ4v) is 5.49. The quantitative estimate of drug-likeness (QED) is 0.502. The van der Waals surface area contributed by atoms with Crippen molar-refractivity contribution in [3.05, 3.63) is 30.3 Å². The zero-order chi connectivity index (χ0) is 20.5. The number of esters is 1. The molecule has 1 saturated heterocycles. The monoisotopic (exact) mass is 414 g/mol. The standard InChI is InChI=1S/C19H30O6SSi/c1-7-23-17(20)19(26(21,22)16-11-9-8-10-12-16)13-15(25-19)14-24-27(5,6)18(2,3)4/h8-12,15H,7,13-14H2,1-6H3/t15-,19-/m1/s1. The predicted molar refractivity (Wildman–Crippen MR) is 106 cm³/mol. The van der Waals surface area contributed by atoms with E-state index in [4.69, 9.17) is 13.9 Å². The summed E-state index contributed by atoms with van der Waals surface area (Å²) in [6.07, 6.45) is -0.431. The summed E-state index contributed by atoms with van der Waals surface area (Å²) in [5.41, 5.74) is 0. The molecule has 0 aliphatic carbocycles. The lowest BCUT2D eigenvalue weighted by Gasteiger charge is -2.46. The Bertz CT molecular complexity index is 761. The Labute approximate surface area is 163 Å². The van der Waals surface area contributed by atoms with Crippen LogP contribution in [0.25, 0.3) is 0 Å². The van der Waals surface area contributed by atoms with E-state index in [2.05, 4.69) is 33.9 Å². The highest BCUT2D eigenvalue weighted by Crippen LogP contribution is 2.44. The van der Waals surface area contributed by atoms with Gasteiger partial charge < -0.3 is 13.9 Å². The van der Waals surface area contributed by atoms with Gasteiger partial charge in [-0.2, -0.15) is 0 Å². The van der Waals surface area contributed by atoms with Crippen molar-refractivity contribution in [2.75, 3.05) is 13.2 Å². The van der Waals surface area contributed by atoms with E-state index in [1.54, 1.807) is 25.1 Å². The highest BCUT2D eigenvalue weighted by atomic mass is 32.2. The molecular weight excluding hydrogens is 384 g/mol. The molecule has 1 aromatic carbocycles. The second-order valence-corrected chi connectivity index (χ2v) is 15.3. The molecule has 0 bridgehead atoms. The number of carbonyl (C=O) groups is 1. The van der Waals surface area contributed by atoms with E-state index in [1.807, 2.05) is 0 Å². The van der Waals surface area contributed by atoms with Crippen molar-refractivity contribution in [1.29, 1.82) is 0 Å². The van der Waals surface area contributed by atoms with Gasteiger partial charge in [0.2, 0.25) is 9.84 Å². The third kappa shape index (κ3) is 4.13. The van der Waals surface area contributed by atoms with Crippen LogP contribution in [0.3, 0.4) is 0 Å². The summed E-state index contributed by atoms with van der Waals surface area (Å²) >= 11 is 0. The minimum atomic E-state index is -4.04. The summed E-state index contributed by atoms with van der Waals surface area (Å²) in [5.74, 6) is -0.863. The molecule has 1 fully saturated rings. The van der Waals surface area contributed by atoms with E-state index < -0.39 is 35.2 Å². The molecule has 8 heteroatoms. The Morgan fingerprint density at radius 2 is 1.81 bits per heavy atom. The van der Waals surface area contributed by atoms with Gasteiger partial charge in [0.25, 0.3) is 4.93 Å². The van der Waals surface area contributed by atoms with Gasteiger partial charge in [-0.25, -0.2) is 13.2 Å². The molecule has 6 nitrogen and oxygen atoms in total. The van der Waals surface area contributed by atoms with E-state index in [0.717, 1.165) is 0 Å². The number of ether oxygens (including phenoxy) is 2. The molecule has 1 aromatic rings. The average Bonchev–Trinajstić information content (AvgIpc) is 2.53. The van der Waals surface area contributed by atoms with E-state index >= 15 is 0 Å². The van der Waals surface area contributed by atoms with Gasteiger partial charge in [0.05, 0.1) is 24.2 Å². The van der Waals surface area contributed by atoms with Gasteiger partial charge in [-0.15, -0.1) is 0 Å². The van der Waals surface area contributed by atoms with Gasteiger partial charge in [0.1, 0.15) is 0 Å². The van der Waals surface area contributed by atoms with E-state index in [-0.39, 0.29) is 29.6 Å². The molecule has 1 heterocycles. The smallest absolute Gasteiger partial charge is 0.355 e. The van der Waals surface area contributed by atoms with E-state index in [1.165, 1.54) is 12.1 Å². The highest BCUT2D eigenvalue weighted by molar-refractivity contribution is 7.93. The summed E-state index contributed by atoms with van der Waals surface area (Å²) in [4.78, 5) is 10.6. The van der Waals surface area contributed by atoms with E-state index in [0.29, 0.717) is 0 Å². The zero-order valence-electron chi connectivity index (χ0n) is 16.9. The molecule has 2 rings (SSSR count). The topological polar surface area (TPSA) is 78.9 Å². The fourth-order valence-electron chi connectivity index (χ4n) is 2.62. The highest BCUT2D eigenvalue weighted by Gasteiger charge is 2.63. The van der Waals surface area contributed by atoms with Gasteiger partial charge in [-0.05, 0) is 37.2 Å². The number of sulfone groups is 1. The van der Waals surface area contributed by atoms with Crippen molar-refractivity contribution in [3.63, 3.8) is 0 Å². The van der Waals surface area contributed by atoms with Gasteiger partial charge >= 0.3 is 5.97 Å². The summed E-state index contributed by atoms with van der Waals surface area (Å²) in [6.45, 7) is 12.6. The summed E-state index contributed by atoms with van der Waals surface area (Å²) in [5, 5.41) is 0.0328. The van der Waals surface area contributed by atoms with Crippen LogP contribution in [0.2, 0.25) is 18.1 Å². The third-order valence-electron chi connectivity index (χ3n) is 5.36. The summed E-state index contributed by atoms with van der Waals surface area (Å²) in [7, 11) is -6.04. The van der Waals surface area contributed by atoms with Crippen LogP contribution in [-0.4, -0.2) is 47.0 Å². The van der Waals surface area contributed by atoms with Crippen LogP contribution in [0, 0.1) is 0 Å². The van der Waals surface area contributed by atoms with E-state index in [9.17, 15) is 13.2 Å². The molecule has 27 heavy (non-hydrogen) atoms. The lowest BCUT2D eigenvalue weighted by molar-refractivity contribution is -0.202. The lowest BCUT2D eigenvalue weighted by Crippen LogP contribution is -2.63. The number of hydrogen-bond donors (Lipinski definition) is 0. The maximum absolute atomic E-state index is 13.1. The predicted octanol–water partition coefficient (Wildman–Crippen LogP) is 3.53. The van der Waals surface area contributed by atoms with Crippen LogP contribution < -0.4 is 0 Å². The first-order chi connectivity index (χ1) is 12.4. The average molecular weight is 415 g/mol. The molecule has 1 aliphatic rings. The van der Waals surface area contributed by atoms with Gasteiger partial charge in [0.15, 0.2) is 8.32 Å². The largest absolute Gasteiger partial charge is 0.463 e. The molecule has 0 aromatic heterocycles. The molecule has 0 radical (unpaired) electrons. The maximum atomic E-state index is 13.1. The van der Waals surface area contributed by atoms with Gasteiger partial charge in [-0.3, -0.25) is 0 Å². The molecule has 152 valence electrons. The number of benzene rings is 1. The molecular formula is C19H30O6SSi. The molecule has 0 N–H and O–H groups in total. The molecule has 1 aliphatic heterocycles. The van der Waals surface area contributed by atoms with Crippen LogP contribution in [0.15, 0.2) is 35.2 Å². The normalized spacial score (nSPS) is 23.6. The van der Waals surface area contributed by atoms with Gasteiger partial charge in [-0.1, -0.05) is 39.0 Å². The number of rotatable bonds is 7. The van der Waals surface area contributed by atoms with Crippen LogP contribution in [0.4, 0.5) is 0 Å². The Balaban J connectivity index is 2.20. The molecule has 2 atom stereocenters. The first-order valence-corrected chi connectivity index (χ1v) is 13.6.